The van der Waals surface area contributed by atoms with E-state index in [1.54, 1.807) is 18.2 Å². The molecule has 0 aliphatic carbocycles. The number of likely N-dealkylation sites (tertiary alicyclic amines) is 1. The molecule has 0 aromatic heterocycles. The summed E-state index contributed by atoms with van der Waals surface area (Å²) in [6, 6.07) is 17.5. The number of sulfone groups is 1. The Balaban J connectivity index is 1.44. The molecule has 5 rings (SSSR count). The first-order valence-corrected chi connectivity index (χ1v) is 19.4. The van der Waals surface area contributed by atoms with Gasteiger partial charge in [0.1, 0.15) is 23.2 Å². The smallest absolute Gasteiger partial charge is 0.249 e. The van der Waals surface area contributed by atoms with Crippen LogP contribution in [0.3, 0.4) is 0 Å². The molecule has 2 fully saturated rings. The Morgan fingerprint density at radius 3 is 2.27 bits per heavy atom. The van der Waals surface area contributed by atoms with Crippen molar-refractivity contribution in [3.8, 4) is 0 Å². The molecule has 10 nitrogen and oxygen atoms in total. The number of aliphatic hydroxyl groups is 1. The summed E-state index contributed by atoms with van der Waals surface area (Å²) in [5.41, 5.74) is -0.0841. The summed E-state index contributed by atoms with van der Waals surface area (Å²) in [7, 11) is -3.75. The third kappa shape index (κ3) is 8.70. The summed E-state index contributed by atoms with van der Waals surface area (Å²) in [5.74, 6) is -3.20. The maximum atomic E-state index is 14.5. The molecule has 3 amide bonds. The number of aliphatic hydroxyl groups excluding tert-OH is 1. The topological polar surface area (TPSA) is 145 Å². The van der Waals surface area contributed by atoms with Gasteiger partial charge in [0.25, 0.3) is 0 Å². The zero-order valence-corrected chi connectivity index (χ0v) is 30.5. The SMILES string of the molecule is CCC(C)[C@@]1(NC(C)=O)CCN([C@@H](CCc2ccccc2)C(=O)N[C@@H](Cc2cc(F)cc(F)c2)[C@H](O)[C@H]2C[C@@H](S(=O)(=O)c3ccccc3)CN2)C1=O. The van der Waals surface area contributed by atoms with Crippen LogP contribution < -0.4 is 16.0 Å². The lowest BCUT2D eigenvalue weighted by atomic mass is 9.81. The maximum absolute atomic E-state index is 14.5. The van der Waals surface area contributed by atoms with Crippen LogP contribution in [0.2, 0.25) is 0 Å². The lowest BCUT2D eigenvalue weighted by Gasteiger charge is -2.36. The van der Waals surface area contributed by atoms with Crippen molar-refractivity contribution in [2.75, 3.05) is 13.1 Å². The monoisotopic (exact) mass is 738 g/mol. The zero-order valence-electron chi connectivity index (χ0n) is 29.7. The fourth-order valence-corrected chi connectivity index (χ4v) is 9.32. The van der Waals surface area contributed by atoms with Gasteiger partial charge in [-0.1, -0.05) is 68.8 Å². The quantitative estimate of drug-likeness (QED) is 0.186. The van der Waals surface area contributed by atoms with Gasteiger partial charge in [0, 0.05) is 32.1 Å². The Morgan fingerprint density at radius 1 is 1.02 bits per heavy atom. The summed E-state index contributed by atoms with van der Waals surface area (Å²) in [6.07, 6.45) is 0.0200. The van der Waals surface area contributed by atoms with E-state index in [-0.39, 0.29) is 60.5 Å². The number of hydrogen-bond donors (Lipinski definition) is 4. The van der Waals surface area contributed by atoms with Crippen LogP contribution in [0.25, 0.3) is 0 Å². The minimum Gasteiger partial charge on any atom is -0.389 e. The van der Waals surface area contributed by atoms with Gasteiger partial charge in [0.15, 0.2) is 9.84 Å². The first-order chi connectivity index (χ1) is 24.7. The Bertz CT molecular complexity index is 1810. The molecule has 0 radical (unpaired) electrons. The number of nitrogens with one attached hydrogen (secondary N) is 3. The summed E-state index contributed by atoms with van der Waals surface area (Å²) in [4.78, 5) is 42.7. The molecule has 1 unspecified atom stereocenters. The molecule has 280 valence electrons. The van der Waals surface area contributed by atoms with E-state index in [4.69, 9.17) is 0 Å². The maximum Gasteiger partial charge on any atom is 0.249 e. The average molecular weight is 739 g/mol. The fourth-order valence-electron chi connectivity index (χ4n) is 7.63. The highest BCUT2D eigenvalue weighted by Gasteiger charge is 2.53. The van der Waals surface area contributed by atoms with E-state index in [2.05, 4.69) is 16.0 Å². The molecule has 0 saturated carbocycles. The van der Waals surface area contributed by atoms with E-state index in [9.17, 15) is 36.7 Å². The van der Waals surface area contributed by atoms with Gasteiger partial charge in [-0.05, 0) is 73.4 Å². The van der Waals surface area contributed by atoms with Crippen molar-refractivity contribution < 1.29 is 36.7 Å². The lowest BCUT2D eigenvalue weighted by Crippen LogP contribution is -2.61. The van der Waals surface area contributed by atoms with Crippen molar-refractivity contribution in [2.45, 2.75) is 99.2 Å². The van der Waals surface area contributed by atoms with E-state index in [0.29, 0.717) is 19.3 Å². The Kier molecular flexibility index (Phi) is 12.5. The molecule has 0 bridgehead atoms. The van der Waals surface area contributed by atoms with Crippen molar-refractivity contribution in [3.05, 3.63) is 102 Å². The van der Waals surface area contributed by atoms with E-state index >= 15 is 0 Å². The second-order valence-electron chi connectivity index (χ2n) is 14.1. The molecule has 7 atom stereocenters. The molecule has 0 spiro atoms. The molecular formula is C39H48F2N4O6S. The van der Waals surface area contributed by atoms with Gasteiger partial charge < -0.3 is 26.0 Å². The van der Waals surface area contributed by atoms with Crippen molar-refractivity contribution in [1.29, 1.82) is 0 Å². The minimum absolute atomic E-state index is 0.0263. The molecule has 2 saturated heterocycles. The van der Waals surface area contributed by atoms with Crippen LogP contribution in [-0.2, 0) is 37.1 Å². The Morgan fingerprint density at radius 2 is 1.65 bits per heavy atom. The number of halogens is 2. The van der Waals surface area contributed by atoms with Gasteiger partial charge in [-0.15, -0.1) is 0 Å². The van der Waals surface area contributed by atoms with E-state index in [0.717, 1.165) is 23.8 Å². The van der Waals surface area contributed by atoms with E-state index in [1.165, 1.54) is 24.0 Å². The summed E-state index contributed by atoms with van der Waals surface area (Å²) in [6.45, 7) is 5.42. The van der Waals surface area contributed by atoms with Crippen molar-refractivity contribution in [1.82, 2.24) is 20.9 Å². The summed E-state index contributed by atoms with van der Waals surface area (Å²) in [5, 5.41) is 19.9. The van der Waals surface area contributed by atoms with Gasteiger partial charge in [-0.3, -0.25) is 14.4 Å². The van der Waals surface area contributed by atoms with Crippen molar-refractivity contribution in [3.63, 3.8) is 0 Å². The Labute approximate surface area is 304 Å². The minimum atomic E-state index is -3.75. The predicted molar refractivity (Wildman–Crippen MR) is 193 cm³/mol. The highest BCUT2D eigenvalue weighted by Crippen LogP contribution is 2.35. The number of carbonyl (C=O) groups excluding carboxylic acids is 3. The zero-order chi connectivity index (χ0) is 37.6. The molecule has 2 aliphatic heterocycles. The fraction of sp³-hybridized carbons (Fsp3) is 0.462. The van der Waals surface area contributed by atoms with Gasteiger partial charge in [-0.2, -0.15) is 0 Å². The van der Waals surface area contributed by atoms with Gasteiger partial charge in [0.2, 0.25) is 17.7 Å². The van der Waals surface area contributed by atoms with Crippen molar-refractivity contribution in [2.24, 2.45) is 5.92 Å². The lowest BCUT2D eigenvalue weighted by molar-refractivity contribution is -0.144. The largest absolute Gasteiger partial charge is 0.389 e. The molecule has 2 heterocycles. The Hall–Kier alpha value is -4.20. The number of amides is 3. The van der Waals surface area contributed by atoms with Crippen LogP contribution in [0.15, 0.2) is 83.8 Å². The molecule has 3 aromatic rings. The predicted octanol–water partition coefficient (Wildman–Crippen LogP) is 3.71. The molecule has 13 heteroatoms. The molecule has 3 aromatic carbocycles. The second kappa shape index (κ2) is 16.6. The van der Waals surface area contributed by atoms with Crippen LogP contribution in [-0.4, -0.2) is 84.3 Å². The van der Waals surface area contributed by atoms with E-state index in [1.807, 2.05) is 44.2 Å². The first kappa shape index (κ1) is 39.0. The first-order valence-electron chi connectivity index (χ1n) is 17.8. The molecule has 52 heavy (non-hydrogen) atoms. The second-order valence-corrected chi connectivity index (χ2v) is 16.3. The number of benzene rings is 3. The van der Waals surface area contributed by atoms with Crippen LogP contribution in [0.5, 0.6) is 0 Å². The summed E-state index contributed by atoms with van der Waals surface area (Å²) >= 11 is 0. The number of aryl methyl sites for hydroxylation is 1. The number of hydrogen-bond acceptors (Lipinski definition) is 7. The highest BCUT2D eigenvalue weighted by molar-refractivity contribution is 7.92. The van der Waals surface area contributed by atoms with Gasteiger partial charge in [0.05, 0.1) is 22.3 Å². The van der Waals surface area contributed by atoms with Gasteiger partial charge >= 0.3 is 0 Å². The van der Waals surface area contributed by atoms with Crippen LogP contribution in [0.4, 0.5) is 8.78 Å². The van der Waals surface area contributed by atoms with E-state index < -0.39 is 62.4 Å². The number of nitrogens with zero attached hydrogens (tertiary/aromatic N) is 1. The van der Waals surface area contributed by atoms with Crippen LogP contribution >= 0.6 is 0 Å². The van der Waals surface area contributed by atoms with Crippen LogP contribution in [0.1, 0.15) is 57.6 Å². The molecule has 2 aliphatic rings. The third-order valence-corrected chi connectivity index (χ3v) is 12.8. The van der Waals surface area contributed by atoms with Crippen LogP contribution in [0, 0.1) is 17.6 Å². The normalized spacial score (nSPS) is 22.8. The molecular weight excluding hydrogens is 691 g/mol. The summed E-state index contributed by atoms with van der Waals surface area (Å²) < 4.78 is 55.5. The third-order valence-electron chi connectivity index (χ3n) is 10.6. The standard InChI is InChI=1S/C39H48F2N4O6S/c1-4-25(2)39(44-26(3)46)17-18-45(38(39)49)35(16-15-27-11-7-5-8-12-27)37(48)43-34(21-28-19-29(40)22-30(41)20-28)36(47)33-23-32(24-42-33)52(50,51)31-13-9-6-10-14-31/h5-14,19-20,22,25,32-36,42,47H,4,15-18,21,23-24H2,1-3H3,(H,43,48)(H,44,46)/t25?,32-,33-,34+,35+,36-,39+/m1/s1. The number of carbonyl (C=O) groups is 3. The number of rotatable bonds is 15. The van der Waals surface area contributed by atoms with Gasteiger partial charge in [-0.25, -0.2) is 17.2 Å². The highest BCUT2D eigenvalue weighted by atomic mass is 32.2. The van der Waals surface area contributed by atoms with Crippen molar-refractivity contribution >= 4 is 27.6 Å². The average Bonchev–Trinajstić information content (AvgIpc) is 3.74. The molecule has 4 N–H and O–H groups in total.